The maximum Gasteiger partial charge on any atom is 0.139 e. The summed E-state index contributed by atoms with van der Waals surface area (Å²) in [6, 6.07) is 3.00. The van der Waals surface area contributed by atoms with Gasteiger partial charge >= 0.3 is 0 Å². The third-order valence-corrected chi connectivity index (χ3v) is 22.0. The summed E-state index contributed by atoms with van der Waals surface area (Å²) in [5, 5.41) is 0. The van der Waals surface area contributed by atoms with Crippen molar-refractivity contribution in [1.82, 2.24) is 9.80 Å². The fourth-order valence-electron chi connectivity index (χ4n) is 19.4. The van der Waals surface area contributed by atoms with Gasteiger partial charge in [-0.05, 0) is 152 Å². The molecule has 2 saturated heterocycles. The molecule has 0 radical (unpaired) electrons. The topological polar surface area (TPSA) is 74.8 Å². The smallest absolute Gasteiger partial charge is 0.139 e. The minimum absolute atomic E-state index is 0.0573. The molecule has 0 aromatic rings. The lowest BCUT2D eigenvalue weighted by atomic mass is 9.64. The van der Waals surface area contributed by atoms with Crippen molar-refractivity contribution in [3.63, 3.8) is 0 Å². The molecule has 12 atom stereocenters. The molecule has 0 spiro atoms. The fraction of sp³-hybridized carbons (Fsp3) is 0.931. The number of nitrogens with zero attached hydrogens (tertiary/aromatic N) is 2. The molecule has 9 aliphatic carbocycles. The summed E-state index contributed by atoms with van der Waals surface area (Å²) in [5.41, 5.74) is 0. The van der Waals surface area contributed by atoms with Crippen molar-refractivity contribution in [3.8, 4) is 0 Å². The first-order valence-electron chi connectivity index (χ1n) is 29.1. The van der Waals surface area contributed by atoms with Crippen LogP contribution < -0.4 is 0 Å². The van der Waals surface area contributed by atoms with Gasteiger partial charge in [0.15, 0.2) is 0 Å². The van der Waals surface area contributed by atoms with E-state index in [2.05, 4.69) is 9.80 Å². The molecule has 0 aromatic carbocycles. The molecule has 0 aromatic heterocycles. The standard InChI is InChI=1S/C58H90N2O4/c61-55(37-17-5-1-6-18-37)41-31-42(56(62)38-19-7-2-8-20-38)34-45(33-41)59-51-28-16-14-26-49(51)53-52(59)30-29-48-47-25-13-15-27-50(47)60(54(48)53)46-35-43(57(63)39-21-9-3-10-22-39)32-44(36-46)58(64)40-23-11-4-12-24-40/h37-54H,1-36H2. The summed E-state index contributed by atoms with van der Waals surface area (Å²) in [6.45, 7) is 0. The molecule has 0 amide bonds. The Morgan fingerprint density at radius 1 is 0.266 bits per heavy atom. The Morgan fingerprint density at radius 2 is 0.609 bits per heavy atom. The van der Waals surface area contributed by atoms with Crippen LogP contribution >= 0.6 is 0 Å². The SMILES string of the molecule is O=C(C1CCCCC1)C1CC(C(=O)C2CCCCC2)CC(N2C3CCCCC3C3C2CCC2C4CCCCC4N(C4CC(C(=O)C5CCCCC5)CC(C(=O)C5CCCCC5)C4)C23)C1. The van der Waals surface area contributed by atoms with E-state index in [1.54, 1.807) is 0 Å². The number of ketones is 4. The molecule has 0 bridgehead atoms. The molecule has 2 aliphatic heterocycles. The Hall–Kier alpha value is -1.40. The van der Waals surface area contributed by atoms with Gasteiger partial charge in [0, 0.05) is 83.6 Å². The number of fused-ring (bicyclic) bond motifs is 7. The number of likely N-dealkylation sites (tertiary alicyclic amines) is 2. The van der Waals surface area contributed by atoms with E-state index in [0.29, 0.717) is 71.2 Å². The summed E-state index contributed by atoms with van der Waals surface area (Å²) in [6.07, 6.45) is 42.3. The Morgan fingerprint density at radius 3 is 1.03 bits per heavy atom. The number of carbonyl (C=O) groups excluding carboxylic acids is 4. The van der Waals surface area contributed by atoms with Crippen LogP contribution in [0.15, 0.2) is 0 Å². The van der Waals surface area contributed by atoms with E-state index in [-0.39, 0.29) is 47.3 Å². The van der Waals surface area contributed by atoms with E-state index in [1.807, 2.05) is 0 Å². The molecule has 6 heteroatoms. The Bertz CT molecular complexity index is 1580. The highest BCUT2D eigenvalue weighted by atomic mass is 16.1. The molecule has 2 heterocycles. The first-order valence-corrected chi connectivity index (χ1v) is 29.1. The van der Waals surface area contributed by atoms with Crippen LogP contribution in [0.5, 0.6) is 0 Å². The molecule has 11 aliphatic rings. The first kappa shape index (κ1) is 45.1. The van der Waals surface area contributed by atoms with Crippen molar-refractivity contribution >= 4 is 23.1 Å². The lowest BCUT2D eigenvalue weighted by Crippen LogP contribution is -2.57. The summed E-state index contributed by atoms with van der Waals surface area (Å²) in [4.78, 5) is 65.3. The predicted molar refractivity (Wildman–Crippen MR) is 255 cm³/mol. The van der Waals surface area contributed by atoms with Crippen LogP contribution in [0.4, 0.5) is 0 Å². The van der Waals surface area contributed by atoms with E-state index in [0.717, 1.165) is 102 Å². The first-order chi connectivity index (χ1) is 31.4. The van der Waals surface area contributed by atoms with Crippen LogP contribution in [0.2, 0.25) is 0 Å². The van der Waals surface area contributed by atoms with Gasteiger partial charge < -0.3 is 0 Å². The Balaban J connectivity index is 0.923. The van der Waals surface area contributed by atoms with E-state index in [4.69, 9.17) is 0 Å². The molecule has 6 nitrogen and oxygen atoms in total. The zero-order valence-corrected chi connectivity index (χ0v) is 40.4. The van der Waals surface area contributed by atoms with Crippen molar-refractivity contribution in [1.29, 1.82) is 0 Å². The van der Waals surface area contributed by atoms with Crippen molar-refractivity contribution in [3.05, 3.63) is 0 Å². The van der Waals surface area contributed by atoms with Crippen LogP contribution in [-0.4, -0.2) is 69.2 Å². The van der Waals surface area contributed by atoms with Gasteiger partial charge in [0.1, 0.15) is 23.1 Å². The van der Waals surface area contributed by atoms with Crippen molar-refractivity contribution in [2.75, 3.05) is 0 Å². The molecule has 9 saturated carbocycles. The summed E-state index contributed by atoms with van der Waals surface area (Å²) >= 11 is 0. The normalized spacial score (nSPS) is 43.4. The van der Waals surface area contributed by atoms with Crippen LogP contribution in [0.3, 0.4) is 0 Å². The zero-order chi connectivity index (χ0) is 43.3. The van der Waals surface area contributed by atoms with Crippen molar-refractivity contribution < 1.29 is 19.2 Å². The maximum atomic E-state index is 14.8. The molecular formula is C58H90N2O4. The lowest BCUT2D eigenvalue weighted by Gasteiger charge is -2.51. The highest BCUT2D eigenvalue weighted by Gasteiger charge is 2.64. The van der Waals surface area contributed by atoms with Gasteiger partial charge in [-0.2, -0.15) is 0 Å². The van der Waals surface area contributed by atoms with Crippen molar-refractivity contribution in [2.24, 2.45) is 71.0 Å². The third kappa shape index (κ3) is 8.67. The number of hydrogen-bond acceptors (Lipinski definition) is 6. The third-order valence-electron chi connectivity index (χ3n) is 22.0. The quantitative estimate of drug-likeness (QED) is 0.218. The molecular weight excluding hydrogens is 789 g/mol. The van der Waals surface area contributed by atoms with E-state index >= 15 is 0 Å². The predicted octanol–water partition coefficient (Wildman–Crippen LogP) is 12.7. The molecule has 64 heavy (non-hydrogen) atoms. The average Bonchev–Trinajstić information content (AvgIpc) is 3.89. The summed E-state index contributed by atoms with van der Waals surface area (Å²) in [7, 11) is 0. The number of Topliss-reactive ketones (excluding diaryl/α,β-unsaturated/α-hetero) is 4. The number of carbonyl (C=O) groups is 4. The number of hydrogen-bond donors (Lipinski definition) is 0. The average molecular weight is 879 g/mol. The molecule has 0 N–H and O–H groups in total. The van der Waals surface area contributed by atoms with Gasteiger partial charge in [-0.3, -0.25) is 29.0 Å². The van der Waals surface area contributed by atoms with Crippen LogP contribution in [0.1, 0.15) is 231 Å². The second-order valence-electron chi connectivity index (χ2n) is 25.3. The lowest BCUT2D eigenvalue weighted by molar-refractivity contribution is -0.136. The van der Waals surface area contributed by atoms with Gasteiger partial charge in [0.25, 0.3) is 0 Å². The molecule has 11 fully saturated rings. The van der Waals surface area contributed by atoms with Crippen LogP contribution in [0.25, 0.3) is 0 Å². The minimum Gasteiger partial charge on any atom is -0.299 e. The summed E-state index contributed by atoms with van der Waals surface area (Å²) < 4.78 is 0. The monoisotopic (exact) mass is 879 g/mol. The Kier molecular flexibility index (Phi) is 14.0. The maximum absolute atomic E-state index is 14.8. The van der Waals surface area contributed by atoms with E-state index in [9.17, 15) is 19.2 Å². The van der Waals surface area contributed by atoms with Crippen LogP contribution in [0, 0.1) is 71.0 Å². The van der Waals surface area contributed by atoms with E-state index in [1.165, 1.54) is 141 Å². The van der Waals surface area contributed by atoms with Gasteiger partial charge in [0.2, 0.25) is 0 Å². The van der Waals surface area contributed by atoms with Gasteiger partial charge in [-0.1, -0.05) is 103 Å². The van der Waals surface area contributed by atoms with Crippen LogP contribution in [-0.2, 0) is 19.2 Å². The van der Waals surface area contributed by atoms with Crippen molar-refractivity contribution in [2.45, 2.75) is 267 Å². The second kappa shape index (κ2) is 19.9. The molecule has 12 unspecified atom stereocenters. The zero-order valence-electron chi connectivity index (χ0n) is 40.4. The number of rotatable bonds is 10. The fourth-order valence-corrected chi connectivity index (χ4v) is 19.4. The van der Waals surface area contributed by atoms with Gasteiger partial charge in [-0.15, -0.1) is 0 Å². The minimum atomic E-state index is 0.0573. The largest absolute Gasteiger partial charge is 0.299 e. The molecule has 11 rings (SSSR count). The van der Waals surface area contributed by atoms with Gasteiger partial charge in [0.05, 0.1) is 0 Å². The highest BCUT2D eigenvalue weighted by Crippen LogP contribution is 2.61. The second-order valence-corrected chi connectivity index (χ2v) is 25.3. The summed E-state index contributed by atoms with van der Waals surface area (Å²) in [5.74, 6) is 6.15. The molecule has 356 valence electrons. The Labute approximate surface area is 389 Å². The van der Waals surface area contributed by atoms with E-state index < -0.39 is 0 Å². The highest BCUT2D eigenvalue weighted by molar-refractivity contribution is 5.88. The van der Waals surface area contributed by atoms with Gasteiger partial charge in [-0.25, -0.2) is 0 Å².